The molecular formula is C32H60O2. The maximum Gasteiger partial charge on any atom is 0.0583 e. The fraction of sp³-hybridized carbons (Fsp3) is 0.812. The average Bonchev–Trinajstić information content (AvgIpc) is 2.78. The first kappa shape index (κ1) is 33.1. The summed E-state index contributed by atoms with van der Waals surface area (Å²) in [6, 6.07) is 0. The van der Waals surface area contributed by atoms with Crippen LogP contribution in [0.3, 0.4) is 0 Å². The van der Waals surface area contributed by atoms with Crippen LogP contribution < -0.4 is 0 Å². The Labute approximate surface area is 214 Å². The lowest BCUT2D eigenvalue weighted by molar-refractivity contribution is 0.0823. The van der Waals surface area contributed by atoms with Gasteiger partial charge in [0.2, 0.25) is 0 Å². The molecule has 2 aliphatic rings. The second-order valence-electron chi connectivity index (χ2n) is 12.1. The maximum absolute atomic E-state index is 10.2. The Hall–Kier alpha value is -0.860. The Morgan fingerprint density at radius 1 is 1.03 bits per heavy atom. The summed E-state index contributed by atoms with van der Waals surface area (Å²) >= 11 is 0. The van der Waals surface area contributed by atoms with Gasteiger partial charge < -0.3 is 10.2 Å². The number of aliphatic hydroxyl groups excluding tert-OH is 2. The van der Waals surface area contributed by atoms with Gasteiger partial charge in [-0.25, -0.2) is 0 Å². The quantitative estimate of drug-likeness (QED) is 0.366. The third kappa shape index (κ3) is 12.2. The van der Waals surface area contributed by atoms with E-state index in [0.29, 0.717) is 23.2 Å². The first-order chi connectivity index (χ1) is 15.9. The van der Waals surface area contributed by atoms with Crippen LogP contribution in [0.4, 0.5) is 0 Å². The van der Waals surface area contributed by atoms with Crippen LogP contribution in [0, 0.1) is 29.1 Å². The lowest BCUT2D eigenvalue weighted by Gasteiger charge is -2.42. The highest BCUT2D eigenvalue weighted by atomic mass is 16.3. The molecule has 0 aromatic heterocycles. The molecular weight excluding hydrogens is 416 g/mol. The second kappa shape index (κ2) is 16.7. The van der Waals surface area contributed by atoms with Crippen LogP contribution >= 0.6 is 0 Å². The number of rotatable bonds is 8. The molecule has 0 aliphatic heterocycles. The number of allylic oxidation sites excluding steroid dienone is 5. The Bertz CT molecular complexity index is 637. The zero-order valence-electron chi connectivity index (χ0n) is 24.7. The summed E-state index contributed by atoms with van der Waals surface area (Å²) in [4.78, 5) is 0. The van der Waals surface area contributed by atoms with Crippen molar-refractivity contribution >= 4 is 0 Å². The van der Waals surface area contributed by atoms with E-state index in [-0.39, 0.29) is 12.2 Å². The van der Waals surface area contributed by atoms with Crippen LogP contribution in [0.5, 0.6) is 0 Å². The topological polar surface area (TPSA) is 40.5 Å². The first-order valence-electron chi connectivity index (χ1n) is 14.3. The molecule has 0 spiro atoms. The number of hydrogen-bond acceptors (Lipinski definition) is 2. The molecule has 0 amide bonds. The van der Waals surface area contributed by atoms with Crippen LogP contribution in [0.1, 0.15) is 128 Å². The van der Waals surface area contributed by atoms with Gasteiger partial charge in [-0.3, -0.25) is 0 Å². The van der Waals surface area contributed by atoms with Crippen LogP contribution in [0.2, 0.25) is 0 Å². The Kier molecular flexibility index (Phi) is 16.3. The lowest BCUT2D eigenvalue weighted by Crippen LogP contribution is -2.32. The van der Waals surface area contributed by atoms with Gasteiger partial charge in [0.05, 0.1) is 12.2 Å². The van der Waals surface area contributed by atoms with Crippen molar-refractivity contribution in [3.63, 3.8) is 0 Å². The molecule has 0 heterocycles. The van der Waals surface area contributed by atoms with Crippen molar-refractivity contribution in [3.8, 4) is 0 Å². The molecule has 2 heteroatoms. The Morgan fingerprint density at radius 2 is 1.62 bits per heavy atom. The van der Waals surface area contributed by atoms with E-state index in [1.807, 2.05) is 13.8 Å². The van der Waals surface area contributed by atoms with Crippen molar-refractivity contribution in [2.45, 2.75) is 140 Å². The zero-order chi connectivity index (χ0) is 26.5. The summed E-state index contributed by atoms with van der Waals surface area (Å²) in [5.74, 6) is 2.45. The first-order valence-corrected chi connectivity index (χ1v) is 14.3. The van der Waals surface area contributed by atoms with Crippen molar-refractivity contribution in [1.82, 2.24) is 0 Å². The summed E-state index contributed by atoms with van der Waals surface area (Å²) in [5.41, 5.74) is 4.55. The third-order valence-corrected chi connectivity index (χ3v) is 7.72. The number of aliphatic hydroxyl groups is 2. The summed E-state index contributed by atoms with van der Waals surface area (Å²) < 4.78 is 0. The lowest BCUT2D eigenvalue weighted by atomic mass is 9.63. The molecule has 0 radical (unpaired) electrons. The minimum Gasteiger partial charge on any atom is -0.393 e. The molecule has 0 aromatic carbocycles. The smallest absolute Gasteiger partial charge is 0.0583 e. The highest BCUT2D eigenvalue weighted by Gasteiger charge is 2.36. The normalized spacial score (nSPS) is 25.9. The zero-order valence-corrected chi connectivity index (χ0v) is 24.7. The molecule has 0 saturated carbocycles. The van der Waals surface area contributed by atoms with Crippen molar-refractivity contribution < 1.29 is 10.2 Å². The predicted molar refractivity (Wildman–Crippen MR) is 152 cm³/mol. The SMILES string of the molecule is CC.CC(C)C.CC1=C(/C=C\C2=CCC[C@](C)(C(C)[C@H](C)CCC(O)C(C)C)C2)C[C@@H](O)CC1. The minimum atomic E-state index is -0.172. The minimum absolute atomic E-state index is 0.170. The maximum atomic E-state index is 10.2. The van der Waals surface area contributed by atoms with Gasteiger partial charge in [0.1, 0.15) is 0 Å². The highest BCUT2D eigenvalue weighted by Crippen LogP contribution is 2.46. The largest absolute Gasteiger partial charge is 0.393 e. The monoisotopic (exact) mass is 476 g/mol. The predicted octanol–water partition coefficient (Wildman–Crippen LogP) is 9.28. The van der Waals surface area contributed by atoms with Gasteiger partial charge in [-0.2, -0.15) is 0 Å². The molecule has 200 valence electrons. The van der Waals surface area contributed by atoms with Crippen LogP contribution in [0.25, 0.3) is 0 Å². The van der Waals surface area contributed by atoms with E-state index < -0.39 is 0 Å². The molecule has 2 unspecified atom stereocenters. The van der Waals surface area contributed by atoms with Crippen molar-refractivity contribution in [2.75, 3.05) is 0 Å². The van der Waals surface area contributed by atoms with Gasteiger partial charge in [0.15, 0.2) is 0 Å². The molecule has 0 saturated heterocycles. The standard InChI is InChI=1S/C26H44O2.C4H10.C2H6/c1-18(2)25(28)14-10-19(3)21(5)26(6)15-7-8-22(17-26)11-12-23-16-24(27)13-9-20(23)4;1-4(2)3;1-2/h8,11-12,18-19,21,24-25,27-28H,7,9-10,13-17H2,1-6H3;4H,1-3H3;1-2H3/b12-11-;;/t19-,21?,24+,25?,26+;;/m1../s1. The molecule has 2 rings (SSSR count). The van der Waals surface area contributed by atoms with Gasteiger partial charge in [0, 0.05) is 0 Å². The summed E-state index contributed by atoms with van der Waals surface area (Å²) in [5, 5.41) is 20.1. The van der Waals surface area contributed by atoms with Gasteiger partial charge in [-0.05, 0) is 93.0 Å². The van der Waals surface area contributed by atoms with E-state index in [4.69, 9.17) is 0 Å². The van der Waals surface area contributed by atoms with Crippen LogP contribution in [-0.2, 0) is 0 Å². The number of hydrogen-bond donors (Lipinski definition) is 2. The van der Waals surface area contributed by atoms with E-state index >= 15 is 0 Å². The summed E-state index contributed by atoms with van der Waals surface area (Å²) in [7, 11) is 0. The van der Waals surface area contributed by atoms with Gasteiger partial charge in [0.25, 0.3) is 0 Å². The third-order valence-electron chi connectivity index (χ3n) is 7.72. The second-order valence-corrected chi connectivity index (χ2v) is 12.1. The fourth-order valence-electron chi connectivity index (χ4n) is 4.93. The average molecular weight is 477 g/mol. The molecule has 0 fully saturated rings. The van der Waals surface area contributed by atoms with Crippen LogP contribution in [-0.4, -0.2) is 22.4 Å². The van der Waals surface area contributed by atoms with Crippen molar-refractivity contribution in [3.05, 3.63) is 34.9 Å². The molecule has 2 nitrogen and oxygen atoms in total. The highest BCUT2D eigenvalue weighted by molar-refractivity contribution is 5.34. The van der Waals surface area contributed by atoms with Gasteiger partial charge in [-0.1, -0.05) is 98.6 Å². The molecule has 34 heavy (non-hydrogen) atoms. The Morgan fingerprint density at radius 3 is 2.18 bits per heavy atom. The van der Waals surface area contributed by atoms with Gasteiger partial charge in [-0.15, -0.1) is 0 Å². The van der Waals surface area contributed by atoms with E-state index in [0.717, 1.165) is 50.9 Å². The Balaban J connectivity index is 0.00000164. The van der Waals surface area contributed by atoms with E-state index in [2.05, 4.69) is 80.5 Å². The summed E-state index contributed by atoms with van der Waals surface area (Å²) in [6.07, 6.45) is 14.9. The molecule has 2 aliphatic carbocycles. The van der Waals surface area contributed by atoms with E-state index in [9.17, 15) is 10.2 Å². The molecule has 5 atom stereocenters. The van der Waals surface area contributed by atoms with E-state index in [1.54, 1.807) is 0 Å². The van der Waals surface area contributed by atoms with E-state index in [1.165, 1.54) is 23.1 Å². The molecule has 0 bridgehead atoms. The molecule has 2 N–H and O–H groups in total. The van der Waals surface area contributed by atoms with Crippen molar-refractivity contribution in [1.29, 1.82) is 0 Å². The fourth-order valence-corrected chi connectivity index (χ4v) is 4.93. The molecule has 0 aromatic rings. The van der Waals surface area contributed by atoms with Crippen molar-refractivity contribution in [2.24, 2.45) is 29.1 Å². The van der Waals surface area contributed by atoms with Crippen LogP contribution in [0.15, 0.2) is 34.9 Å². The summed E-state index contributed by atoms with van der Waals surface area (Å²) in [6.45, 7) is 24.2. The van der Waals surface area contributed by atoms with Gasteiger partial charge >= 0.3 is 0 Å².